The first kappa shape index (κ1) is 11.8. The van der Waals surface area contributed by atoms with Crippen molar-refractivity contribution < 1.29 is 0 Å². The van der Waals surface area contributed by atoms with Crippen molar-refractivity contribution in [1.82, 2.24) is 4.98 Å². The van der Waals surface area contributed by atoms with Gasteiger partial charge in [-0.15, -0.1) is 5.73 Å². The number of aromatic nitrogens is 1. The van der Waals surface area contributed by atoms with Crippen LogP contribution in [0.4, 0.5) is 0 Å². The fourth-order valence-electron chi connectivity index (χ4n) is 1.69. The molecule has 2 aliphatic rings. The number of thioether (sulfide) groups is 1. The lowest BCUT2D eigenvalue weighted by Gasteiger charge is -2.03. The van der Waals surface area contributed by atoms with E-state index < -0.39 is 0 Å². The van der Waals surface area contributed by atoms with Crippen LogP contribution in [0.2, 0.25) is 0 Å². The summed E-state index contributed by atoms with van der Waals surface area (Å²) in [6.07, 6.45) is 8.79. The Morgan fingerprint density at radius 2 is 2.26 bits per heavy atom. The lowest BCUT2D eigenvalue weighted by atomic mass is 10.3. The highest BCUT2D eigenvalue weighted by atomic mass is 32.2. The summed E-state index contributed by atoms with van der Waals surface area (Å²) in [5, 5.41) is 2.23. The van der Waals surface area contributed by atoms with E-state index in [0.29, 0.717) is 11.6 Å². The number of allylic oxidation sites excluding steroid dienone is 1. The minimum Gasteiger partial charge on any atom is -0.277 e. The number of aliphatic imine (C=N–C) groups is 1. The molecule has 0 N–H and O–H groups in total. The summed E-state index contributed by atoms with van der Waals surface area (Å²) in [4.78, 5) is 18.4. The molecule has 0 spiro atoms. The van der Waals surface area contributed by atoms with Crippen LogP contribution in [-0.2, 0) is 0 Å². The van der Waals surface area contributed by atoms with Gasteiger partial charge in [0.1, 0.15) is 5.36 Å². The molecule has 0 amide bonds. The maximum absolute atomic E-state index is 4.55. The van der Waals surface area contributed by atoms with Gasteiger partial charge in [-0.3, -0.25) is 15.0 Å². The van der Waals surface area contributed by atoms with Crippen molar-refractivity contribution >= 4 is 18.0 Å². The number of rotatable bonds is 0. The van der Waals surface area contributed by atoms with Crippen molar-refractivity contribution in [3.8, 4) is 0 Å². The van der Waals surface area contributed by atoms with Gasteiger partial charge in [0.15, 0.2) is 0 Å². The highest BCUT2D eigenvalue weighted by Gasteiger charge is 2.08. The predicted molar refractivity (Wildman–Crippen MR) is 76.3 cm³/mol. The first-order chi connectivity index (χ1) is 9.33. The smallest absolute Gasteiger partial charge is 0.108 e. The first-order valence-electron chi connectivity index (χ1n) is 5.71. The quantitative estimate of drug-likeness (QED) is 0.669. The molecule has 3 rings (SSSR count). The van der Waals surface area contributed by atoms with Crippen molar-refractivity contribution in [2.75, 3.05) is 6.54 Å². The van der Waals surface area contributed by atoms with Crippen LogP contribution in [0.1, 0.15) is 0 Å². The Hall–Kier alpha value is -2.23. The summed E-state index contributed by atoms with van der Waals surface area (Å²) >= 11 is 1.47. The molecule has 4 nitrogen and oxygen atoms in total. The Balaban J connectivity index is 2.18. The van der Waals surface area contributed by atoms with Crippen LogP contribution in [0.3, 0.4) is 0 Å². The zero-order chi connectivity index (χ0) is 13.1. The second-order valence-corrected chi connectivity index (χ2v) is 4.97. The predicted octanol–water partition coefficient (Wildman–Crippen LogP) is 1.55. The fraction of sp³-hybridized carbons (Fsp3) is 0.0714. The average molecular weight is 266 g/mol. The molecule has 3 heterocycles. The first-order valence-corrected chi connectivity index (χ1v) is 6.53. The number of pyridine rings is 1. The third-order valence-corrected chi connectivity index (χ3v) is 3.45. The van der Waals surface area contributed by atoms with E-state index in [1.54, 1.807) is 24.7 Å². The van der Waals surface area contributed by atoms with Crippen LogP contribution < -0.4 is 10.7 Å². The fourth-order valence-corrected chi connectivity index (χ4v) is 2.45. The van der Waals surface area contributed by atoms with Crippen LogP contribution >= 0.6 is 11.8 Å². The van der Waals surface area contributed by atoms with Gasteiger partial charge in [-0.05, 0) is 18.2 Å². The van der Waals surface area contributed by atoms with Gasteiger partial charge in [0.2, 0.25) is 0 Å². The van der Waals surface area contributed by atoms with Crippen LogP contribution in [0.25, 0.3) is 0 Å². The van der Waals surface area contributed by atoms with Gasteiger partial charge < -0.3 is 0 Å². The van der Waals surface area contributed by atoms with E-state index in [2.05, 4.69) is 32.3 Å². The van der Waals surface area contributed by atoms with Gasteiger partial charge >= 0.3 is 0 Å². The zero-order valence-electron chi connectivity index (χ0n) is 10.1. The average Bonchev–Trinajstić information content (AvgIpc) is 2.59. The Labute approximate surface area is 114 Å². The molecule has 1 aromatic rings. The molecular weight excluding hydrogens is 256 g/mol. The molecule has 0 aliphatic carbocycles. The SMILES string of the molecule is C=C1N=c2cnccc2=NCC2=C(C=C=CC=N2)S1. The number of nitrogens with zero attached hydrogens (tertiary/aromatic N) is 4. The highest BCUT2D eigenvalue weighted by molar-refractivity contribution is 8.06. The maximum atomic E-state index is 4.55. The Bertz CT molecular complexity index is 780. The minimum absolute atomic E-state index is 0.505. The van der Waals surface area contributed by atoms with Gasteiger partial charge in [0.05, 0.1) is 28.8 Å². The van der Waals surface area contributed by atoms with E-state index in [1.165, 1.54) is 11.8 Å². The van der Waals surface area contributed by atoms with Crippen molar-refractivity contribution in [2.45, 2.75) is 0 Å². The summed E-state index contributed by atoms with van der Waals surface area (Å²) in [5.74, 6) is 0. The summed E-state index contributed by atoms with van der Waals surface area (Å²) in [6.45, 7) is 4.47. The number of hydrogen-bond donors (Lipinski definition) is 0. The molecule has 0 fully saturated rings. The van der Waals surface area contributed by atoms with Crippen LogP contribution in [0, 0.1) is 0 Å². The zero-order valence-corrected chi connectivity index (χ0v) is 10.9. The minimum atomic E-state index is 0.505. The number of fused-ring (bicyclic) bond motifs is 1. The van der Waals surface area contributed by atoms with Crippen molar-refractivity contribution in [3.63, 3.8) is 0 Å². The molecule has 0 saturated carbocycles. The summed E-state index contributed by atoms with van der Waals surface area (Å²) in [6, 6.07) is 1.84. The maximum Gasteiger partial charge on any atom is 0.108 e. The summed E-state index contributed by atoms with van der Waals surface area (Å²) in [5.41, 5.74) is 3.94. The van der Waals surface area contributed by atoms with E-state index in [-0.39, 0.29) is 0 Å². The molecule has 2 aliphatic heterocycles. The van der Waals surface area contributed by atoms with Crippen LogP contribution in [-0.4, -0.2) is 17.7 Å². The molecule has 92 valence electrons. The Morgan fingerprint density at radius 3 is 3.21 bits per heavy atom. The second-order valence-electron chi connectivity index (χ2n) is 3.86. The van der Waals surface area contributed by atoms with Gasteiger partial charge in [-0.25, -0.2) is 4.99 Å². The molecule has 0 radical (unpaired) electrons. The molecule has 19 heavy (non-hydrogen) atoms. The van der Waals surface area contributed by atoms with Crippen LogP contribution in [0.15, 0.2) is 73.5 Å². The lowest BCUT2D eigenvalue weighted by Crippen LogP contribution is -2.25. The molecule has 1 aromatic heterocycles. The van der Waals surface area contributed by atoms with Gasteiger partial charge in [0, 0.05) is 17.3 Å². The van der Waals surface area contributed by atoms with Crippen molar-refractivity contribution in [1.29, 1.82) is 0 Å². The van der Waals surface area contributed by atoms with E-state index in [4.69, 9.17) is 0 Å². The summed E-state index contributed by atoms with van der Waals surface area (Å²) < 4.78 is 0. The third kappa shape index (κ3) is 2.62. The Kier molecular flexibility index (Phi) is 3.23. The van der Waals surface area contributed by atoms with Crippen LogP contribution in [0.5, 0.6) is 0 Å². The standard InChI is InChI=1S/C14H10N4S/c1-10-18-12-8-15-7-5-11(12)17-9-13-14(19-10)4-2-3-6-16-13/h3-8H,1,9H2. The highest BCUT2D eigenvalue weighted by Crippen LogP contribution is 2.29. The molecule has 0 aromatic carbocycles. The van der Waals surface area contributed by atoms with Gasteiger partial charge in [-0.2, -0.15) is 0 Å². The Morgan fingerprint density at radius 1 is 1.32 bits per heavy atom. The van der Waals surface area contributed by atoms with Crippen molar-refractivity contribution in [3.05, 3.63) is 69.3 Å². The molecule has 0 atom stereocenters. The molecule has 0 unspecified atom stereocenters. The van der Waals surface area contributed by atoms with E-state index >= 15 is 0 Å². The normalized spacial score (nSPS) is 17.4. The largest absolute Gasteiger partial charge is 0.277 e. The topological polar surface area (TPSA) is 50.0 Å². The molecular formula is C14H10N4S. The molecule has 5 heteroatoms. The third-order valence-electron chi connectivity index (χ3n) is 2.55. The van der Waals surface area contributed by atoms with Gasteiger partial charge in [-0.1, -0.05) is 18.3 Å². The van der Waals surface area contributed by atoms with Crippen molar-refractivity contribution in [2.24, 2.45) is 15.0 Å². The molecule has 0 bridgehead atoms. The van der Waals surface area contributed by atoms with E-state index in [1.807, 2.05) is 12.1 Å². The second kappa shape index (κ2) is 5.18. The van der Waals surface area contributed by atoms with E-state index in [0.717, 1.165) is 21.3 Å². The molecule has 0 saturated heterocycles. The monoisotopic (exact) mass is 266 g/mol. The number of hydrogen-bond acceptors (Lipinski definition) is 5. The van der Waals surface area contributed by atoms with Gasteiger partial charge in [0.25, 0.3) is 0 Å². The lowest BCUT2D eigenvalue weighted by molar-refractivity contribution is 1.02. The summed E-state index contributed by atoms with van der Waals surface area (Å²) in [7, 11) is 0. The van der Waals surface area contributed by atoms with E-state index in [9.17, 15) is 0 Å².